The first-order valence-electron chi connectivity index (χ1n) is 10.8. The number of benzene rings is 2. The molecule has 0 nitrogen and oxygen atoms in total. The fourth-order valence-corrected chi connectivity index (χ4v) is 24.9. The summed E-state index contributed by atoms with van der Waals surface area (Å²) in [6, 6.07) is 18.6. The van der Waals surface area contributed by atoms with Gasteiger partial charge in [0.15, 0.2) is 0 Å². The zero-order valence-electron chi connectivity index (χ0n) is 16.7. The molecular formula is C26H31Zr. The van der Waals surface area contributed by atoms with E-state index in [4.69, 9.17) is 0 Å². The molecule has 0 saturated heterocycles. The van der Waals surface area contributed by atoms with E-state index in [1.165, 1.54) is 49.7 Å². The van der Waals surface area contributed by atoms with Crippen LogP contribution >= 0.6 is 0 Å². The van der Waals surface area contributed by atoms with Gasteiger partial charge in [-0.2, -0.15) is 0 Å². The van der Waals surface area contributed by atoms with E-state index in [-0.39, 0.29) is 0 Å². The van der Waals surface area contributed by atoms with Gasteiger partial charge in [-0.15, -0.1) is 0 Å². The summed E-state index contributed by atoms with van der Waals surface area (Å²) >= 11 is -3.36. The molecule has 27 heavy (non-hydrogen) atoms. The Morgan fingerprint density at radius 3 is 1.93 bits per heavy atom. The monoisotopic (exact) mass is 433 g/mol. The van der Waals surface area contributed by atoms with Gasteiger partial charge in [-0.3, -0.25) is 0 Å². The molecule has 0 amide bonds. The fraction of sp³-hybridized carbons (Fsp3) is 0.385. The van der Waals surface area contributed by atoms with Crippen molar-refractivity contribution in [1.29, 1.82) is 0 Å². The molecule has 0 spiro atoms. The maximum atomic E-state index is 2.82. The van der Waals surface area contributed by atoms with Crippen molar-refractivity contribution in [2.24, 2.45) is 0 Å². The van der Waals surface area contributed by atoms with Crippen LogP contribution in [-0.2, 0) is 18.8 Å². The van der Waals surface area contributed by atoms with Crippen molar-refractivity contribution in [2.45, 2.75) is 55.0 Å². The van der Waals surface area contributed by atoms with E-state index in [0.717, 1.165) is 3.63 Å². The van der Waals surface area contributed by atoms with Crippen LogP contribution in [0.4, 0.5) is 0 Å². The van der Waals surface area contributed by atoms with Gasteiger partial charge in [0, 0.05) is 0 Å². The first-order chi connectivity index (χ1) is 13.1. The molecule has 0 N–H and O–H groups in total. The topological polar surface area (TPSA) is 0 Å². The van der Waals surface area contributed by atoms with E-state index in [1.54, 1.807) is 11.1 Å². The fourth-order valence-electron chi connectivity index (χ4n) is 6.82. The van der Waals surface area contributed by atoms with Gasteiger partial charge >= 0.3 is 166 Å². The molecule has 1 saturated carbocycles. The van der Waals surface area contributed by atoms with E-state index in [2.05, 4.69) is 76.0 Å². The van der Waals surface area contributed by atoms with E-state index in [0.29, 0.717) is 3.63 Å². The van der Waals surface area contributed by atoms with E-state index >= 15 is 0 Å². The van der Waals surface area contributed by atoms with Crippen LogP contribution in [0.25, 0.3) is 11.1 Å². The molecular weight excluding hydrogens is 404 g/mol. The Kier molecular flexibility index (Phi) is 4.25. The molecule has 1 heteroatoms. The Balaban J connectivity index is 1.78. The van der Waals surface area contributed by atoms with Crippen molar-refractivity contribution in [3.8, 4) is 11.1 Å². The van der Waals surface area contributed by atoms with Crippen LogP contribution in [0.5, 0.6) is 0 Å². The third kappa shape index (κ3) is 2.50. The van der Waals surface area contributed by atoms with Crippen molar-refractivity contribution >= 4 is 0 Å². The predicted octanol–water partition coefficient (Wildman–Crippen LogP) is 8.14. The second-order valence-corrected chi connectivity index (χ2v) is 27.7. The van der Waals surface area contributed by atoms with Crippen molar-refractivity contribution in [2.75, 3.05) is 0 Å². The molecule has 0 radical (unpaired) electrons. The summed E-state index contributed by atoms with van der Waals surface area (Å²) in [7, 11) is 0. The Bertz CT molecular complexity index is 895. The maximum absolute atomic E-state index is 3.36. The predicted molar refractivity (Wildman–Crippen MR) is 114 cm³/mol. The Hall–Kier alpha value is -1.20. The third-order valence-corrected chi connectivity index (χ3v) is 27.8. The standard InChI is InChI=1S/C13H9.C6H11.C5H5.2CH3.Zr/c1-3-7-12-10(5-1)9-11-6-2-4-8-13(11)12;1-2-4-6-5-3-1;1-2-4-5-3-1;;;/h1-9H;1H,2-6H2;1-3H,4H2;2*1H3;. The van der Waals surface area contributed by atoms with Crippen LogP contribution in [0.2, 0.25) is 12.9 Å². The van der Waals surface area contributed by atoms with Gasteiger partial charge < -0.3 is 0 Å². The molecule has 0 aliphatic heterocycles. The average molecular weight is 435 g/mol. The second kappa shape index (κ2) is 6.42. The zero-order valence-corrected chi connectivity index (χ0v) is 19.2. The van der Waals surface area contributed by atoms with Crippen molar-refractivity contribution < 1.29 is 18.8 Å². The molecule has 139 valence electrons. The minimum absolute atomic E-state index is 0.646. The molecule has 0 atom stereocenters. The van der Waals surface area contributed by atoms with Gasteiger partial charge in [0.2, 0.25) is 0 Å². The van der Waals surface area contributed by atoms with Crippen molar-refractivity contribution in [1.82, 2.24) is 0 Å². The quantitative estimate of drug-likeness (QED) is 0.457. The summed E-state index contributed by atoms with van der Waals surface area (Å²) in [4.78, 5) is 0. The van der Waals surface area contributed by atoms with Gasteiger partial charge in [0.25, 0.3) is 0 Å². The molecule has 0 bridgehead atoms. The molecule has 0 unspecified atom stereocenters. The molecule has 1 fully saturated rings. The van der Waals surface area contributed by atoms with Crippen LogP contribution in [0.1, 0.15) is 53.3 Å². The molecule has 5 rings (SSSR count). The van der Waals surface area contributed by atoms with Crippen LogP contribution in [-0.4, -0.2) is 0 Å². The number of hydrogen-bond donors (Lipinski definition) is 0. The molecule has 3 aliphatic rings. The van der Waals surface area contributed by atoms with Crippen LogP contribution in [0.15, 0.2) is 70.0 Å². The van der Waals surface area contributed by atoms with Gasteiger partial charge in [0.05, 0.1) is 0 Å². The van der Waals surface area contributed by atoms with E-state index in [1.807, 2.05) is 3.28 Å². The Morgan fingerprint density at radius 2 is 1.37 bits per heavy atom. The summed E-state index contributed by atoms with van der Waals surface area (Å²) < 4.78 is 9.07. The van der Waals surface area contributed by atoms with Crippen LogP contribution in [0, 0.1) is 0 Å². The third-order valence-electron chi connectivity index (χ3n) is 8.37. The summed E-state index contributed by atoms with van der Waals surface area (Å²) in [6.07, 6.45) is 15.7. The Morgan fingerprint density at radius 1 is 0.778 bits per heavy atom. The first-order valence-corrected chi connectivity index (χ1v) is 19.8. The van der Waals surface area contributed by atoms with Crippen LogP contribution < -0.4 is 0 Å². The summed E-state index contributed by atoms with van der Waals surface area (Å²) in [5.74, 6) is 0. The summed E-state index contributed by atoms with van der Waals surface area (Å²) in [5, 5.41) is 0. The molecule has 2 aromatic carbocycles. The molecule has 0 heterocycles. The number of rotatable bonds is 3. The van der Waals surface area contributed by atoms with Crippen molar-refractivity contribution in [3.63, 3.8) is 0 Å². The van der Waals surface area contributed by atoms with Crippen molar-refractivity contribution in [3.05, 3.63) is 81.2 Å². The average Bonchev–Trinajstić information content (AvgIpc) is 3.36. The number of hydrogen-bond acceptors (Lipinski definition) is 0. The zero-order chi connectivity index (χ0) is 18.5. The first kappa shape index (κ1) is 17.9. The van der Waals surface area contributed by atoms with Gasteiger partial charge in [0.1, 0.15) is 0 Å². The van der Waals surface area contributed by atoms with E-state index < -0.39 is 18.8 Å². The SMILES string of the molecule is [CH3][Zr]([CH3])([C]1=CC=CC1)([CH]1CCCCC1)[CH]1c2ccccc2-c2ccccc21. The minimum atomic E-state index is -3.36. The van der Waals surface area contributed by atoms with E-state index in [9.17, 15) is 0 Å². The molecule has 2 aromatic rings. The van der Waals surface area contributed by atoms with Gasteiger partial charge in [-0.25, -0.2) is 0 Å². The molecule has 3 aliphatic carbocycles. The van der Waals surface area contributed by atoms with Crippen LogP contribution in [0.3, 0.4) is 0 Å². The summed E-state index contributed by atoms with van der Waals surface area (Å²) in [5.41, 5.74) is 6.27. The normalized spacial score (nSPS) is 21.4. The molecule has 0 aromatic heterocycles. The summed E-state index contributed by atoms with van der Waals surface area (Å²) in [6.45, 7) is 0. The number of allylic oxidation sites excluding steroid dienone is 4. The van der Waals surface area contributed by atoms with Gasteiger partial charge in [-0.05, 0) is 0 Å². The second-order valence-electron chi connectivity index (χ2n) is 9.88. The van der Waals surface area contributed by atoms with Gasteiger partial charge in [-0.1, -0.05) is 0 Å². The Labute approximate surface area is 165 Å². The number of fused-ring (bicyclic) bond motifs is 3.